The number of hydrogen-bond acceptors (Lipinski definition) is 1. The first-order valence-electron chi connectivity index (χ1n) is 7.55. The summed E-state index contributed by atoms with van der Waals surface area (Å²) in [5.41, 5.74) is 0.283. The van der Waals surface area contributed by atoms with Gasteiger partial charge in [0.2, 0.25) is 0 Å². The monoisotopic (exact) mass is 256 g/mol. The number of halogens is 1. The highest BCUT2D eigenvalue weighted by molar-refractivity contribution is 6.20. The summed E-state index contributed by atoms with van der Waals surface area (Å²) in [6.45, 7) is 1.01. The molecule has 1 nitrogen and oxygen atoms in total. The van der Waals surface area contributed by atoms with Gasteiger partial charge in [-0.25, -0.2) is 0 Å². The second-order valence-electron chi connectivity index (χ2n) is 6.52. The SMILES string of the molecule is ClC1CCC(C2CCOC3(CCCCC3)C2)C1. The smallest absolute Gasteiger partial charge is 0.0685 e. The third-order valence-corrected chi connectivity index (χ3v) is 5.77. The van der Waals surface area contributed by atoms with Gasteiger partial charge in [0.05, 0.1) is 5.60 Å². The Bertz CT molecular complexity index is 254. The van der Waals surface area contributed by atoms with Gasteiger partial charge in [0.15, 0.2) is 0 Å². The van der Waals surface area contributed by atoms with E-state index in [9.17, 15) is 0 Å². The van der Waals surface area contributed by atoms with Crippen LogP contribution in [0.25, 0.3) is 0 Å². The zero-order valence-electron chi connectivity index (χ0n) is 10.8. The summed E-state index contributed by atoms with van der Waals surface area (Å²) in [5.74, 6) is 1.81. The third kappa shape index (κ3) is 2.66. The average molecular weight is 257 g/mol. The molecule has 0 aromatic rings. The van der Waals surface area contributed by atoms with Gasteiger partial charge in [-0.05, 0) is 56.8 Å². The maximum Gasteiger partial charge on any atom is 0.0685 e. The van der Waals surface area contributed by atoms with E-state index in [0.29, 0.717) is 5.38 Å². The Morgan fingerprint density at radius 3 is 2.47 bits per heavy atom. The molecule has 2 saturated carbocycles. The van der Waals surface area contributed by atoms with Crippen molar-refractivity contribution in [3.63, 3.8) is 0 Å². The molecule has 3 rings (SSSR count). The molecule has 0 aromatic carbocycles. The molecule has 3 atom stereocenters. The van der Waals surface area contributed by atoms with Crippen LogP contribution in [0.2, 0.25) is 0 Å². The Labute approximate surface area is 110 Å². The van der Waals surface area contributed by atoms with Crippen molar-refractivity contribution in [2.75, 3.05) is 6.61 Å². The van der Waals surface area contributed by atoms with E-state index in [1.807, 2.05) is 0 Å². The standard InChI is InChI=1S/C15H25ClO/c16-14-5-4-12(10-14)13-6-9-17-15(11-13)7-2-1-3-8-15/h12-14H,1-11H2. The van der Waals surface area contributed by atoms with Gasteiger partial charge in [0.25, 0.3) is 0 Å². The van der Waals surface area contributed by atoms with Gasteiger partial charge in [-0.2, -0.15) is 0 Å². The van der Waals surface area contributed by atoms with Gasteiger partial charge in [-0.1, -0.05) is 19.3 Å². The van der Waals surface area contributed by atoms with Crippen LogP contribution in [-0.4, -0.2) is 17.6 Å². The third-order valence-electron chi connectivity index (χ3n) is 5.37. The van der Waals surface area contributed by atoms with Gasteiger partial charge < -0.3 is 4.74 Å². The second kappa shape index (κ2) is 5.09. The van der Waals surface area contributed by atoms with Crippen LogP contribution in [-0.2, 0) is 4.74 Å². The topological polar surface area (TPSA) is 9.23 Å². The summed E-state index contributed by atoms with van der Waals surface area (Å²) in [6, 6.07) is 0. The van der Waals surface area contributed by atoms with Gasteiger partial charge >= 0.3 is 0 Å². The molecule has 2 heteroatoms. The van der Waals surface area contributed by atoms with Gasteiger partial charge in [0.1, 0.15) is 0 Å². The lowest BCUT2D eigenvalue weighted by atomic mass is 9.72. The predicted octanol–water partition coefficient (Wildman–Crippen LogP) is 4.52. The zero-order valence-corrected chi connectivity index (χ0v) is 11.6. The average Bonchev–Trinajstić information content (AvgIpc) is 2.77. The van der Waals surface area contributed by atoms with E-state index in [1.54, 1.807) is 0 Å². The van der Waals surface area contributed by atoms with Crippen LogP contribution in [0, 0.1) is 11.8 Å². The minimum atomic E-state index is 0.283. The lowest BCUT2D eigenvalue weighted by Gasteiger charge is -2.45. The van der Waals surface area contributed by atoms with Crippen LogP contribution in [0.3, 0.4) is 0 Å². The van der Waals surface area contributed by atoms with E-state index in [0.717, 1.165) is 18.4 Å². The van der Waals surface area contributed by atoms with Gasteiger partial charge in [-0.15, -0.1) is 11.6 Å². The molecule has 0 N–H and O–H groups in total. The summed E-state index contributed by atoms with van der Waals surface area (Å²) < 4.78 is 6.19. The Hall–Kier alpha value is 0.250. The van der Waals surface area contributed by atoms with Crippen molar-refractivity contribution in [3.05, 3.63) is 0 Å². The number of hydrogen-bond donors (Lipinski definition) is 0. The van der Waals surface area contributed by atoms with E-state index in [1.165, 1.54) is 64.2 Å². The van der Waals surface area contributed by atoms with Crippen LogP contribution < -0.4 is 0 Å². The predicted molar refractivity (Wildman–Crippen MR) is 71.5 cm³/mol. The van der Waals surface area contributed by atoms with Crippen molar-refractivity contribution < 1.29 is 4.74 Å². The Kier molecular flexibility index (Phi) is 3.68. The molecule has 1 saturated heterocycles. The summed E-state index contributed by atoms with van der Waals surface area (Å²) in [4.78, 5) is 0. The Balaban J connectivity index is 1.62. The molecular weight excluding hydrogens is 232 g/mol. The first-order chi connectivity index (χ1) is 8.27. The maximum absolute atomic E-state index is 6.27. The molecule has 2 aliphatic carbocycles. The molecule has 0 amide bonds. The highest BCUT2D eigenvalue weighted by atomic mass is 35.5. The molecule has 17 heavy (non-hydrogen) atoms. The summed E-state index contributed by atoms with van der Waals surface area (Å²) in [7, 11) is 0. The lowest BCUT2D eigenvalue weighted by Crippen LogP contribution is -2.43. The lowest BCUT2D eigenvalue weighted by molar-refractivity contribution is -0.124. The first kappa shape index (κ1) is 12.3. The van der Waals surface area contributed by atoms with E-state index in [4.69, 9.17) is 16.3 Å². The molecule has 3 unspecified atom stereocenters. The number of alkyl halides is 1. The number of ether oxygens (including phenoxy) is 1. The highest BCUT2D eigenvalue weighted by Gasteiger charge is 2.42. The Morgan fingerprint density at radius 1 is 0.941 bits per heavy atom. The fourth-order valence-electron chi connectivity index (χ4n) is 4.40. The van der Waals surface area contributed by atoms with Gasteiger partial charge in [0, 0.05) is 12.0 Å². The summed E-state index contributed by atoms with van der Waals surface area (Å²) in [5, 5.41) is 0.463. The molecule has 0 bridgehead atoms. The van der Waals surface area contributed by atoms with E-state index in [2.05, 4.69) is 0 Å². The summed E-state index contributed by atoms with van der Waals surface area (Å²) >= 11 is 6.27. The molecule has 1 aliphatic heterocycles. The fourth-order valence-corrected chi connectivity index (χ4v) is 4.75. The van der Waals surface area contributed by atoms with Crippen LogP contribution in [0.5, 0.6) is 0 Å². The molecular formula is C15H25ClO. The molecule has 1 spiro atoms. The Morgan fingerprint density at radius 2 is 1.76 bits per heavy atom. The van der Waals surface area contributed by atoms with Crippen molar-refractivity contribution >= 4 is 11.6 Å². The van der Waals surface area contributed by atoms with Crippen LogP contribution in [0.4, 0.5) is 0 Å². The minimum Gasteiger partial charge on any atom is -0.375 e. The second-order valence-corrected chi connectivity index (χ2v) is 7.13. The van der Waals surface area contributed by atoms with E-state index in [-0.39, 0.29) is 5.60 Å². The van der Waals surface area contributed by atoms with Crippen LogP contribution >= 0.6 is 11.6 Å². The quantitative estimate of drug-likeness (QED) is 0.627. The largest absolute Gasteiger partial charge is 0.375 e. The van der Waals surface area contributed by atoms with Crippen molar-refractivity contribution in [1.82, 2.24) is 0 Å². The van der Waals surface area contributed by atoms with E-state index < -0.39 is 0 Å². The minimum absolute atomic E-state index is 0.283. The van der Waals surface area contributed by atoms with Crippen molar-refractivity contribution in [2.24, 2.45) is 11.8 Å². The molecule has 98 valence electrons. The zero-order chi connectivity index (χ0) is 11.7. The molecule has 3 fully saturated rings. The molecule has 0 radical (unpaired) electrons. The van der Waals surface area contributed by atoms with Crippen molar-refractivity contribution in [3.8, 4) is 0 Å². The molecule has 0 aromatic heterocycles. The fraction of sp³-hybridized carbons (Fsp3) is 1.00. The van der Waals surface area contributed by atoms with Crippen molar-refractivity contribution in [2.45, 2.75) is 75.2 Å². The summed E-state index contributed by atoms with van der Waals surface area (Å²) in [6.07, 6.45) is 13.3. The van der Waals surface area contributed by atoms with Crippen molar-refractivity contribution in [1.29, 1.82) is 0 Å². The first-order valence-corrected chi connectivity index (χ1v) is 7.99. The van der Waals surface area contributed by atoms with Gasteiger partial charge in [-0.3, -0.25) is 0 Å². The number of rotatable bonds is 1. The molecule has 1 heterocycles. The highest BCUT2D eigenvalue weighted by Crippen LogP contribution is 2.46. The van der Waals surface area contributed by atoms with E-state index >= 15 is 0 Å². The normalized spacial score (nSPS) is 41.8. The van der Waals surface area contributed by atoms with Crippen LogP contribution in [0.1, 0.15) is 64.2 Å². The molecule has 3 aliphatic rings. The maximum atomic E-state index is 6.27. The van der Waals surface area contributed by atoms with Crippen LogP contribution in [0.15, 0.2) is 0 Å².